The molecule has 0 N–H and O–H groups in total. The van der Waals surface area contributed by atoms with Crippen molar-refractivity contribution in [2.75, 3.05) is 0 Å². The van der Waals surface area contributed by atoms with Crippen molar-refractivity contribution in [2.24, 2.45) is 0 Å². The van der Waals surface area contributed by atoms with Gasteiger partial charge in [-0.1, -0.05) is 140 Å². The Morgan fingerprint density at radius 2 is 0.772 bits per heavy atom. The van der Waals surface area contributed by atoms with Crippen LogP contribution < -0.4 is 0 Å². The molecule has 0 amide bonds. The zero-order valence-corrected chi connectivity index (χ0v) is 31.1. The van der Waals surface area contributed by atoms with Gasteiger partial charge in [-0.3, -0.25) is 0 Å². The minimum Gasteiger partial charge on any atom is -0.456 e. The van der Waals surface area contributed by atoms with Crippen LogP contribution in [0.2, 0.25) is 0 Å². The molecule has 0 aliphatic heterocycles. The molecule has 266 valence electrons. The molecule has 0 unspecified atom stereocenters. The lowest BCUT2D eigenvalue weighted by Crippen LogP contribution is -2.01. The second kappa shape index (κ2) is 12.6. The lowest BCUT2D eigenvalue weighted by Gasteiger charge is -2.11. The highest BCUT2D eigenvalue weighted by atomic mass is 32.1. The first-order chi connectivity index (χ1) is 28.2. The Morgan fingerprint density at radius 1 is 0.298 bits per heavy atom. The molecule has 0 fully saturated rings. The second-order valence-electron chi connectivity index (χ2n) is 14.3. The van der Waals surface area contributed by atoms with Crippen LogP contribution in [0.4, 0.5) is 0 Å². The Balaban J connectivity index is 1.13. The number of thiophene rings is 1. The highest BCUT2D eigenvalue weighted by molar-refractivity contribution is 7.25. The van der Waals surface area contributed by atoms with Gasteiger partial charge in [0, 0.05) is 58.4 Å². The molecule has 57 heavy (non-hydrogen) atoms. The first-order valence-electron chi connectivity index (χ1n) is 18.9. The maximum absolute atomic E-state index is 6.64. The summed E-state index contributed by atoms with van der Waals surface area (Å²) in [7, 11) is 0. The molecule has 12 aromatic rings. The van der Waals surface area contributed by atoms with Crippen molar-refractivity contribution in [2.45, 2.75) is 0 Å². The van der Waals surface area contributed by atoms with Crippen LogP contribution >= 0.6 is 11.3 Å². The highest BCUT2D eigenvalue weighted by Gasteiger charge is 2.23. The zero-order chi connectivity index (χ0) is 37.5. The van der Waals surface area contributed by atoms with Gasteiger partial charge >= 0.3 is 0 Å². The number of nitrogens with zero attached hydrogens (tertiary/aromatic N) is 3. The average molecular weight is 748 g/mol. The molecule has 0 saturated heterocycles. The number of fused-ring (bicyclic) bond motifs is 9. The van der Waals surface area contributed by atoms with Gasteiger partial charge in [-0.15, -0.1) is 11.3 Å². The monoisotopic (exact) mass is 747 g/mol. The topological polar surface area (TPSA) is 65.0 Å². The highest BCUT2D eigenvalue weighted by Crippen LogP contribution is 2.45. The summed E-state index contributed by atoms with van der Waals surface area (Å²) in [6.45, 7) is 0. The Hall–Kier alpha value is -7.41. The predicted octanol–water partition coefficient (Wildman–Crippen LogP) is 14.4. The Labute approximate surface area is 330 Å². The minimum atomic E-state index is 0.578. The SMILES string of the molecule is c1ccc(-c2ccc(-c3nc(-c4cccc5sc6ccccc6c45)nc(-c4cccc5oc6cccc(-c7cccc8oc9ccccc9c78)c6c45)n3)cc2)cc1. The van der Waals surface area contributed by atoms with Gasteiger partial charge in [0.25, 0.3) is 0 Å². The van der Waals surface area contributed by atoms with E-state index in [2.05, 4.69) is 133 Å². The van der Waals surface area contributed by atoms with E-state index in [1.54, 1.807) is 11.3 Å². The van der Waals surface area contributed by atoms with Gasteiger partial charge in [-0.25, -0.2) is 15.0 Å². The first kappa shape index (κ1) is 31.9. The number of benzene rings is 8. The van der Waals surface area contributed by atoms with Crippen LogP contribution in [0, 0.1) is 0 Å². The van der Waals surface area contributed by atoms with Crippen molar-refractivity contribution in [3.8, 4) is 56.4 Å². The Kier molecular flexibility index (Phi) is 7.03. The van der Waals surface area contributed by atoms with Gasteiger partial charge in [0.05, 0.1) is 0 Å². The summed E-state index contributed by atoms with van der Waals surface area (Å²) in [6, 6.07) is 60.8. The summed E-state index contributed by atoms with van der Waals surface area (Å²) in [5, 5.41) is 6.45. The summed E-state index contributed by atoms with van der Waals surface area (Å²) in [5.74, 6) is 1.80. The third kappa shape index (κ3) is 5.04. The van der Waals surface area contributed by atoms with Crippen LogP contribution in [-0.2, 0) is 0 Å². The molecule has 12 rings (SSSR count). The van der Waals surface area contributed by atoms with Crippen molar-refractivity contribution < 1.29 is 8.83 Å². The molecule has 6 heteroatoms. The third-order valence-electron chi connectivity index (χ3n) is 11.0. The summed E-state index contributed by atoms with van der Waals surface area (Å²) < 4.78 is 15.4. The molecule has 0 spiro atoms. The molecule has 4 aromatic heterocycles. The lowest BCUT2D eigenvalue weighted by molar-refractivity contribution is 0.668. The molecule has 0 saturated carbocycles. The predicted molar refractivity (Wildman–Crippen MR) is 234 cm³/mol. The van der Waals surface area contributed by atoms with Crippen molar-refractivity contribution in [1.82, 2.24) is 15.0 Å². The van der Waals surface area contributed by atoms with Crippen molar-refractivity contribution >= 4 is 75.4 Å². The molecule has 0 atom stereocenters. The van der Waals surface area contributed by atoms with Gasteiger partial charge in [0.1, 0.15) is 22.3 Å². The number of rotatable bonds is 5. The maximum Gasteiger partial charge on any atom is 0.164 e. The van der Waals surface area contributed by atoms with E-state index in [1.165, 1.54) is 14.8 Å². The van der Waals surface area contributed by atoms with E-state index in [-0.39, 0.29) is 0 Å². The number of aromatic nitrogens is 3. The molecule has 0 aliphatic carbocycles. The standard InChI is InChI=1S/C51H29N3O2S/c1-2-12-30(13-3-1)31-26-28-32(29-27-31)49-52-50(37-19-11-25-44-46(37)36-15-5-7-24-43(36)57-44)54-51(53-49)38-18-10-23-42-48(38)47-34(17-9-22-41(47)56-42)33-16-8-21-40-45(33)35-14-4-6-20-39(35)55-40/h1-29H. The van der Waals surface area contributed by atoms with E-state index in [0.29, 0.717) is 17.5 Å². The van der Waals surface area contributed by atoms with Crippen LogP contribution in [0.15, 0.2) is 185 Å². The van der Waals surface area contributed by atoms with E-state index in [1.807, 2.05) is 42.5 Å². The van der Waals surface area contributed by atoms with Crippen LogP contribution in [0.1, 0.15) is 0 Å². The molecule has 4 heterocycles. The fourth-order valence-corrected chi connectivity index (χ4v) is 9.56. The van der Waals surface area contributed by atoms with Gasteiger partial charge in [-0.05, 0) is 58.7 Å². The van der Waals surface area contributed by atoms with E-state index >= 15 is 0 Å². The molecular weight excluding hydrogens is 719 g/mol. The maximum atomic E-state index is 6.64. The number of furan rings is 2. The molecule has 5 nitrogen and oxygen atoms in total. The van der Waals surface area contributed by atoms with E-state index in [9.17, 15) is 0 Å². The minimum absolute atomic E-state index is 0.578. The fraction of sp³-hybridized carbons (Fsp3) is 0. The van der Waals surface area contributed by atoms with E-state index in [0.717, 1.165) is 88.2 Å². The van der Waals surface area contributed by atoms with Gasteiger partial charge in [0.2, 0.25) is 0 Å². The van der Waals surface area contributed by atoms with Crippen LogP contribution in [0.3, 0.4) is 0 Å². The number of hydrogen-bond donors (Lipinski definition) is 0. The lowest BCUT2D eigenvalue weighted by atomic mass is 9.94. The van der Waals surface area contributed by atoms with Crippen LogP contribution in [0.5, 0.6) is 0 Å². The van der Waals surface area contributed by atoms with Crippen molar-refractivity contribution in [3.05, 3.63) is 176 Å². The summed E-state index contributed by atoms with van der Waals surface area (Å²) >= 11 is 1.79. The first-order valence-corrected chi connectivity index (χ1v) is 19.7. The molecular formula is C51H29N3O2S. The van der Waals surface area contributed by atoms with Crippen LogP contribution in [-0.4, -0.2) is 15.0 Å². The summed E-state index contributed by atoms with van der Waals surface area (Å²) in [4.78, 5) is 15.9. The Morgan fingerprint density at radius 3 is 1.53 bits per heavy atom. The quantitative estimate of drug-likeness (QED) is 0.175. The van der Waals surface area contributed by atoms with Crippen LogP contribution in [0.25, 0.3) is 120 Å². The zero-order valence-electron chi connectivity index (χ0n) is 30.3. The van der Waals surface area contributed by atoms with E-state index in [4.69, 9.17) is 23.8 Å². The number of hydrogen-bond acceptors (Lipinski definition) is 6. The van der Waals surface area contributed by atoms with Gasteiger partial charge in [0.15, 0.2) is 17.5 Å². The smallest absolute Gasteiger partial charge is 0.164 e. The Bertz CT molecular complexity index is 3530. The second-order valence-corrected chi connectivity index (χ2v) is 15.3. The van der Waals surface area contributed by atoms with Crippen molar-refractivity contribution in [3.63, 3.8) is 0 Å². The summed E-state index contributed by atoms with van der Waals surface area (Å²) in [5.41, 5.74) is 10.4. The number of para-hydroxylation sites is 1. The van der Waals surface area contributed by atoms with Gasteiger partial charge in [-0.2, -0.15) is 0 Å². The normalized spacial score (nSPS) is 11.9. The molecule has 0 bridgehead atoms. The molecule has 0 aliphatic rings. The van der Waals surface area contributed by atoms with E-state index < -0.39 is 0 Å². The van der Waals surface area contributed by atoms with Gasteiger partial charge < -0.3 is 8.83 Å². The van der Waals surface area contributed by atoms with Crippen molar-refractivity contribution in [1.29, 1.82) is 0 Å². The summed E-state index contributed by atoms with van der Waals surface area (Å²) in [6.07, 6.45) is 0. The third-order valence-corrected chi connectivity index (χ3v) is 12.1. The fourth-order valence-electron chi connectivity index (χ4n) is 8.43. The largest absolute Gasteiger partial charge is 0.456 e. The average Bonchev–Trinajstić information content (AvgIpc) is 3.98. The molecule has 0 radical (unpaired) electrons. The molecule has 8 aromatic carbocycles.